The summed E-state index contributed by atoms with van der Waals surface area (Å²) in [4.78, 5) is 14.1. The van der Waals surface area contributed by atoms with Gasteiger partial charge in [-0.25, -0.2) is 8.42 Å². The van der Waals surface area contributed by atoms with Crippen LogP contribution in [0.25, 0.3) is 0 Å². The average Bonchev–Trinajstić information content (AvgIpc) is 2.67. The van der Waals surface area contributed by atoms with E-state index in [2.05, 4.69) is 9.71 Å². The number of rotatable bonds is 7. The zero-order valence-corrected chi connectivity index (χ0v) is 15.9. The minimum absolute atomic E-state index is 0.145. The van der Waals surface area contributed by atoms with E-state index in [9.17, 15) is 18.5 Å². The highest BCUT2D eigenvalue weighted by Crippen LogP contribution is 2.28. The summed E-state index contributed by atoms with van der Waals surface area (Å²) in [5, 5.41) is 10.8. The summed E-state index contributed by atoms with van der Waals surface area (Å²) in [5.41, 5.74) is 0.482. The Balaban J connectivity index is 1.77. The number of sulfonamides is 1. The van der Waals surface area contributed by atoms with Crippen molar-refractivity contribution in [3.8, 4) is 5.75 Å². The van der Waals surface area contributed by atoms with E-state index in [1.165, 1.54) is 24.3 Å². The molecule has 0 aliphatic heterocycles. The molecule has 28 heavy (non-hydrogen) atoms. The van der Waals surface area contributed by atoms with Gasteiger partial charge >= 0.3 is 0 Å². The third-order valence-electron chi connectivity index (χ3n) is 3.62. The number of hydrogen-bond donors (Lipinski definition) is 1. The zero-order chi connectivity index (χ0) is 20.1. The number of benzene rings is 2. The summed E-state index contributed by atoms with van der Waals surface area (Å²) >= 11 is 5.73. The Kier molecular flexibility index (Phi) is 5.76. The second kappa shape index (κ2) is 8.24. The number of anilines is 1. The molecule has 3 rings (SSSR count). The Morgan fingerprint density at radius 2 is 1.93 bits per heavy atom. The van der Waals surface area contributed by atoms with Crippen LogP contribution in [0, 0.1) is 10.1 Å². The third kappa shape index (κ3) is 4.76. The number of pyridine rings is 1. The SMILES string of the molecule is O=[N+]([O-])c1cc(S(=O)(=O)Nc2cccc(OCc3ccccn3)c2)ccc1Cl. The Bertz CT molecular complexity index is 1110. The molecular formula is C18H14ClN3O5S. The normalized spacial score (nSPS) is 11.0. The first-order valence-corrected chi connectivity index (χ1v) is 9.81. The highest BCUT2D eigenvalue weighted by molar-refractivity contribution is 7.92. The fourth-order valence-electron chi connectivity index (χ4n) is 2.30. The predicted molar refractivity (Wildman–Crippen MR) is 104 cm³/mol. The number of ether oxygens (including phenoxy) is 1. The minimum atomic E-state index is -4.05. The maximum absolute atomic E-state index is 12.6. The van der Waals surface area contributed by atoms with Gasteiger partial charge < -0.3 is 4.74 Å². The standard InChI is InChI=1S/C18H14ClN3O5S/c19-17-8-7-16(11-18(17)22(23)24)28(25,26)21-13-5-3-6-15(10-13)27-12-14-4-1-2-9-20-14/h1-11,21H,12H2. The van der Waals surface area contributed by atoms with Gasteiger partial charge in [0.25, 0.3) is 15.7 Å². The highest BCUT2D eigenvalue weighted by Gasteiger charge is 2.21. The maximum atomic E-state index is 12.6. The highest BCUT2D eigenvalue weighted by atomic mass is 35.5. The van der Waals surface area contributed by atoms with Gasteiger partial charge in [0.05, 0.1) is 21.2 Å². The molecule has 0 aliphatic rings. The van der Waals surface area contributed by atoms with Gasteiger partial charge in [-0.2, -0.15) is 0 Å². The van der Waals surface area contributed by atoms with E-state index in [0.717, 1.165) is 11.8 Å². The van der Waals surface area contributed by atoms with Crippen molar-refractivity contribution in [1.82, 2.24) is 4.98 Å². The van der Waals surface area contributed by atoms with E-state index in [4.69, 9.17) is 16.3 Å². The van der Waals surface area contributed by atoms with Crippen molar-refractivity contribution in [1.29, 1.82) is 0 Å². The van der Waals surface area contributed by atoms with Crippen molar-refractivity contribution in [3.05, 3.63) is 87.7 Å². The van der Waals surface area contributed by atoms with E-state index in [0.29, 0.717) is 5.75 Å². The molecule has 0 aliphatic carbocycles. The molecule has 0 amide bonds. The molecule has 0 spiro atoms. The van der Waals surface area contributed by atoms with Crippen LogP contribution in [-0.4, -0.2) is 18.3 Å². The lowest BCUT2D eigenvalue weighted by Gasteiger charge is -2.11. The number of nitrogens with one attached hydrogen (secondary N) is 1. The summed E-state index contributed by atoms with van der Waals surface area (Å²) in [7, 11) is -4.05. The Morgan fingerprint density at radius 3 is 2.64 bits per heavy atom. The van der Waals surface area contributed by atoms with Crippen LogP contribution in [0.5, 0.6) is 5.75 Å². The van der Waals surface area contributed by atoms with Crippen LogP contribution >= 0.6 is 11.6 Å². The number of nitro benzene ring substituents is 1. The first-order valence-electron chi connectivity index (χ1n) is 7.95. The lowest BCUT2D eigenvalue weighted by Crippen LogP contribution is -2.13. The van der Waals surface area contributed by atoms with Crippen LogP contribution in [0.1, 0.15) is 5.69 Å². The van der Waals surface area contributed by atoms with Gasteiger partial charge in [-0.1, -0.05) is 23.7 Å². The fourth-order valence-corrected chi connectivity index (χ4v) is 3.56. The Labute approximate surface area is 166 Å². The molecule has 0 fully saturated rings. The molecule has 8 nitrogen and oxygen atoms in total. The number of hydrogen-bond acceptors (Lipinski definition) is 6. The third-order valence-corrected chi connectivity index (χ3v) is 5.32. The average molecular weight is 420 g/mol. The molecule has 0 saturated carbocycles. The largest absolute Gasteiger partial charge is 0.487 e. The number of halogens is 1. The lowest BCUT2D eigenvalue weighted by molar-refractivity contribution is -0.384. The minimum Gasteiger partial charge on any atom is -0.487 e. The molecule has 1 N–H and O–H groups in total. The Hall–Kier alpha value is -3.17. The van der Waals surface area contributed by atoms with Crippen molar-refractivity contribution in [2.24, 2.45) is 0 Å². The molecule has 0 unspecified atom stereocenters. The number of aromatic nitrogens is 1. The lowest BCUT2D eigenvalue weighted by atomic mass is 10.3. The molecule has 144 valence electrons. The van der Waals surface area contributed by atoms with Gasteiger partial charge in [0.15, 0.2) is 0 Å². The molecule has 0 bridgehead atoms. The van der Waals surface area contributed by atoms with Crippen LogP contribution in [0.15, 0.2) is 71.8 Å². The molecule has 0 saturated heterocycles. The van der Waals surface area contributed by atoms with Gasteiger partial charge in [0, 0.05) is 18.3 Å². The molecule has 0 atom stereocenters. The summed E-state index contributed by atoms with van der Waals surface area (Å²) < 4.78 is 33.1. The van der Waals surface area contributed by atoms with Crippen LogP contribution in [0.4, 0.5) is 11.4 Å². The van der Waals surface area contributed by atoms with Crippen LogP contribution in [0.3, 0.4) is 0 Å². The molecule has 10 heteroatoms. The molecule has 1 heterocycles. The smallest absolute Gasteiger partial charge is 0.289 e. The predicted octanol–water partition coefficient (Wildman–Crippen LogP) is 4.02. The summed E-state index contributed by atoms with van der Waals surface area (Å²) in [6.45, 7) is 0.223. The second-order valence-corrected chi connectivity index (χ2v) is 7.70. The summed E-state index contributed by atoms with van der Waals surface area (Å²) in [5.74, 6) is 0.438. The van der Waals surface area contributed by atoms with Gasteiger partial charge in [-0.05, 0) is 36.4 Å². The maximum Gasteiger partial charge on any atom is 0.289 e. The van der Waals surface area contributed by atoms with Gasteiger partial charge in [0.1, 0.15) is 17.4 Å². The fraction of sp³-hybridized carbons (Fsp3) is 0.0556. The molecular weight excluding hydrogens is 406 g/mol. The first-order chi connectivity index (χ1) is 13.3. The van der Waals surface area contributed by atoms with Crippen molar-refractivity contribution in [2.45, 2.75) is 11.5 Å². The first kappa shape index (κ1) is 19.6. The topological polar surface area (TPSA) is 111 Å². The summed E-state index contributed by atoms with van der Waals surface area (Å²) in [6.07, 6.45) is 1.65. The van der Waals surface area contributed by atoms with E-state index in [1.807, 2.05) is 6.07 Å². The van der Waals surface area contributed by atoms with Gasteiger partial charge in [-0.3, -0.25) is 19.8 Å². The van der Waals surface area contributed by atoms with E-state index in [1.54, 1.807) is 30.5 Å². The second-order valence-electron chi connectivity index (χ2n) is 5.61. The Morgan fingerprint density at radius 1 is 1.11 bits per heavy atom. The van der Waals surface area contributed by atoms with Gasteiger partial charge in [-0.15, -0.1) is 0 Å². The van der Waals surface area contributed by atoms with E-state index >= 15 is 0 Å². The molecule has 2 aromatic carbocycles. The van der Waals surface area contributed by atoms with Crippen LogP contribution < -0.4 is 9.46 Å². The summed E-state index contributed by atoms with van der Waals surface area (Å²) in [6, 6.07) is 15.0. The molecule has 3 aromatic rings. The zero-order valence-electron chi connectivity index (χ0n) is 14.3. The monoisotopic (exact) mass is 419 g/mol. The van der Waals surface area contributed by atoms with Crippen LogP contribution in [0.2, 0.25) is 5.02 Å². The molecule has 1 aromatic heterocycles. The van der Waals surface area contributed by atoms with E-state index in [-0.39, 0.29) is 22.2 Å². The number of nitrogens with zero attached hydrogens (tertiary/aromatic N) is 2. The number of nitro groups is 1. The molecule has 0 radical (unpaired) electrons. The van der Waals surface area contributed by atoms with Crippen molar-refractivity contribution < 1.29 is 18.1 Å². The van der Waals surface area contributed by atoms with Crippen molar-refractivity contribution >= 4 is 33.0 Å². The quantitative estimate of drug-likeness (QED) is 0.457. The van der Waals surface area contributed by atoms with Gasteiger partial charge in [0.2, 0.25) is 0 Å². The van der Waals surface area contributed by atoms with E-state index < -0.39 is 20.6 Å². The van der Waals surface area contributed by atoms with Crippen LogP contribution in [-0.2, 0) is 16.6 Å². The van der Waals surface area contributed by atoms with Crippen molar-refractivity contribution in [3.63, 3.8) is 0 Å². The van der Waals surface area contributed by atoms with Crippen molar-refractivity contribution in [2.75, 3.05) is 4.72 Å².